The van der Waals surface area contributed by atoms with Gasteiger partial charge in [0.15, 0.2) is 6.10 Å². The highest BCUT2D eigenvalue weighted by Crippen LogP contribution is 2.25. The van der Waals surface area contributed by atoms with E-state index in [1.165, 1.54) is 6.42 Å². The third kappa shape index (κ3) is 5.18. The van der Waals surface area contributed by atoms with Crippen molar-refractivity contribution in [2.75, 3.05) is 0 Å². The summed E-state index contributed by atoms with van der Waals surface area (Å²) in [6, 6.07) is 9.86. The molecule has 1 fully saturated rings. The minimum Gasteiger partial charge on any atom is -0.449 e. The SMILES string of the molecule is Cc1nn(Cc2ccccc2)c(Cl)c1C(=O)O[C@H](C)C(=O)N[C@@H]1CCCC[C@@H]1C. The van der Waals surface area contributed by atoms with Crippen molar-refractivity contribution < 1.29 is 14.3 Å². The lowest BCUT2D eigenvalue weighted by Crippen LogP contribution is -2.46. The Hall–Kier alpha value is -2.34. The molecule has 0 aliphatic heterocycles. The van der Waals surface area contributed by atoms with Crippen LogP contribution in [0.2, 0.25) is 5.15 Å². The summed E-state index contributed by atoms with van der Waals surface area (Å²) < 4.78 is 6.98. The Balaban J connectivity index is 1.64. The van der Waals surface area contributed by atoms with Gasteiger partial charge in [-0.25, -0.2) is 9.48 Å². The van der Waals surface area contributed by atoms with Crippen molar-refractivity contribution in [3.8, 4) is 0 Å². The predicted molar refractivity (Wildman–Crippen MR) is 112 cm³/mol. The fourth-order valence-corrected chi connectivity index (χ4v) is 4.06. The number of amides is 1. The summed E-state index contributed by atoms with van der Waals surface area (Å²) in [5, 5.41) is 7.60. The first-order chi connectivity index (χ1) is 13.9. The van der Waals surface area contributed by atoms with Crippen LogP contribution in [0.1, 0.15) is 61.1 Å². The van der Waals surface area contributed by atoms with E-state index in [0.29, 0.717) is 18.2 Å². The summed E-state index contributed by atoms with van der Waals surface area (Å²) in [7, 11) is 0. The van der Waals surface area contributed by atoms with Crippen LogP contribution in [0.15, 0.2) is 30.3 Å². The second-order valence-corrected chi connectivity index (χ2v) is 8.18. The minimum absolute atomic E-state index is 0.136. The zero-order chi connectivity index (χ0) is 21.0. The molecule has 3 atom stereocenters. The van der Waals surface area contributed by atoms with Gasteiger partial charge in [0.2, 0.25) is 0 Å². The zero-order valence-corrected chi connectivity index (χ0v) is 17.9. The topological polar surface area (TPSA) is 73.2 Å². The molecule has 1 saturated carbocycles. The van der Waals surface area contributed by atoms with Crippen LogP contribution >= 0.6 is 11.6 Å². The Morgan fingerprint density at radius 1 is 1.28 bits per heavy atom. The number of esters is 1. The molecular formula is C22H28ClN3O3. The monoisotopic (exact) mass is 417 g/mol. The molecule has 0 spiro atoms. The van der Waals surface area contributed by atoms with E-state index in [0.717, 1.165) is 24.8 Å². The maximum absolute atomic E-state index is 12.7. The highest BCUT2D eigenvalue weighted by atomic mass is 35.5. The van der Waals surface area contributed by atoms with Crippen LogP contribution in [0, 0.1) is 12.8 Å². The Morgan fingerprint density at radius 3 is 2.66 bits per heavy atom. The van der Waals surface area contributed by atoms with E-state index in [1.807, 2.05) is 30.3 Å². The largest absolute Gasteiger partial charge is 0.449 e. The maximum atomic E-state index is 12.7. The van der Waals surface area contributed by atoms with Crippen LogP contribution in [0.5, 0.6) is 0 Å². The molecule has 6 nitrogen and oxygen atoms in total. The number of nitrogens with one attached hydrogen (secondary N) is 1. The highest BCUT2D eigenvalue weighted by molar-refractivity contribution is 6.32. The number of benzene rings is 1. The van der Waals surface area contributed by atoms with Crippen LogP contribution in [0.4, 0.5) is 0 Å². The lowest BCUT2D eigenvalue weighted by atomic mass is 9.86. The van der Waals surface area contributed by atoms with E-state index in [2.05, 4.69) is 17.3 Å². The number of carbonyl (C=O) groups excluding carboxylic acids is 2. The van der Waals surface area contributed by atoms with E-state index < -0.39 is 12.1 Å². The molecule has 2 aromatic rings. The summed E-state index contributed by atoms with van der Waals surface area (Å²) in [5.41, 5.74) is 1.70. The van der Waals surface area contributed by atoms with Crippen molar-refractivity contribution in [2.24, 2.45) is 5.92 Å². The van der Waals surface area contributed by atoms with Crippen molar-refractivity contribution in [1.29, 1.82) is 0 Å². The van der Waals surface area contributed by atoms with Crippen molar-refractivity contribution >= 4 is 23.5 Å². The molecule has 7 heteroatoms. The molecular weight excluding hydrogens is 390 g/mol. The van der Waals surface area contributed by atoms with Gasteiger partial charge in [-0.2, -0.15) is 5.10 Å². The third-order valence-electron chi connectivity index (χ3n) is 5.54. The summed E-state index contributed by atoms with van der Waals surface area (Å²) in [6.07, 6.45) is 3.48. The summed E-state index contributed by atoms with van der Waals surface area (Å²) in [5.74, 6) is -0.475. The van der Waals surface area contributed by atoms with Crippen LogP contribution in [0.25, 0.3) is 0 Å². The fourth-order valence-electron chi connectivity index (χ4n) is 3.75. The van der Waals surface area contributed by atoms with Gasteiger partial charge >= 0.3 is 5.97 Å². The highest BCUT2D eigenvalue weighted by Gasteiger charge is 2.28. The molecule has 0 unspecified atom stereocenters. The molecule has 0 saturated heterocycles. The van der Waals surface area contributed by atoms with Crippen molar-refractivity contribution in [1.82, 2.24) is 15.1 Å². The molecule has 1 aliphatic rings. The second kappa shape index (κ2) is 9.44. The van der Waals surface area contributed by atoms with E-state index in [9.17, 15) is 9.59 Å². The average molecular weight is 418 g/mol. The van der Waals surface area contributed by atoms with Gasteiger partial charge in [0.25, 0.3) is 5.91 Å². The number of hydrogen-bond acceptors (Lipinski definition) is 4. The lowest BCUT2D eigenvalue weighted by Gasteiger charge is -2.30. The molecule has 3 rings (SSSR count). The zero-order valence-electron chi connectivity index (χ0n) is 17.2. The van der Waals surface area contributed by atoms with Crippen molar-refractivity contribution in [3.05, 3.63) is 52.3 Å². The van der Waals surface area contributed by atoms with Gasteiger partial charge in [-0.15, -0.1) is 0 Å². The average Bonchev–Trinajstić information content (AvgIpc) is 2.97. The lowest BCUT2D eigenvalue weighted by molar-refractivity contribution is -0.130. The van der Waals surface area contributed by atoms with Crippen molar-refractivity contribution in [3.63, 3.8) is 0 Å². The Kier molecular flexibility index (Phi) is 6.96. The van der Waals surface area contributed by atoms with E-state index in [4.69, 9.17) is 16.3 Å². The second-order valence-electron chi connectivity index (χ2n) is 7.82. The molecule has 1 aliphatic carbocycles. The number of ether oxygens (including phenoxy) is 1. The van der Waals surface area contributed by atoms with E-state index >= 15 is 0 Å². The first kappa shape index (κ1) is 21.4. The third-order valence-corrected chi connectivity index (χ3v) is 5.92. The first-order valence-electron chi connectivity index (χ1n) is 10.1. The number of carbonyl (C=O) groups is 2. The van der Waals surface area contributed by atoms with Gasteiger partial charge < -0.3 is 10.1 Å². The molecule has 0 bridgehead atoms. The number of aryl methyl sites for hydroxylation is 1. The number of halogens is 1. The van der Waals surface area contributed by atoms with Crippen LogP contribution in [-0.2, 0) is 16.1 Å². The fraction of sp³-hybridized carbons (Fsp3) is 0.500. The molecule has 156 valence electrons. The molecule has 1 aromatic carbocycles. The number of rotatable bonds is 6. The quantitative estimate of drug-likeness (QED) is 0.717. The molecule has 0 radical (unpaired) electrons. The van der Waals surface area contributed by atoms with E-state index in [1.54, 1.807) is 18.5 Å². The first-order valence-corrected chi connectivity index (χ1v) is 10.5. The van der Waals surface area contributed by atoms with Crippen LogP contribution in [0.3, 0.4) is 0 Å². The normalized spacial score (nSPS) is 20.1. The predicted octanol–water partition coefficient (Wildman–Crippen LogP) is 4.13. The summed E-state index contributed by atoms with van der Waals surface area (Å²) in [4.78, 5) is 25.2. The Bertz CT molecular complexity index is 866. The number of nitrogens with zero attached hydrogens (tertiary/aromatic N) is 2. The summed E-state index contributed by atoms with van der Waals surface area (Å²) in [6.45, 7) is 5.88. The molecule has 1 amide bonds. The molecule has 1 N–H and O–H groups in total. The van der Waals surface area contributed by atoms with Gasteiger partial charge in [0, 0.05) is 6.04 Å². The van der Waals surface area contributed by atoms with Gasteiger partial charge in [-0.1, -0.05) is 61.7 Å². The van der Waals surface area contributed by atoms with Gasteiger partial charge in [-0.05, 0) is 38.2 Å². The Morgan fingerprint density at radius 2 is 1.97 bits per heavy atom. The molecule has 1 aromatic heterocycles. The van der Waals surface area contributed by atoms with Gasteiger partial charge in [0.05, 0.1) is 12.2 Å². The standard InChI is InChI=1S/C22H28ClN3O3/c1-14-9-7-8-12-18(14)24-21(27)16(3)29-22(28)19-15(2)25-26(20(19)23)13-17-10-5-4-6-11-17/h4-6,10-11,14,16,18H,7-9,12-13H2,1-3H3,(H,24,27)/t14-,16+,18+/m0/s1. The Labute approximate surface area is 176 Å². The van der Waals surface area contributed by atoms with Crippen LogP contribution in [-0.4, -0.2) is 33.8 Å². The molecule has 1 heterocycles. The van der Waals surface area contributed by atoms with Gasteiger partial charge in [0.1, 0.15) is 10.7 Å². The minimum atomic E-state index is -0.899. The number of hydrogen-bond donors (Lipinski definition) is 1. The molecule has 29 heavy (non-hydrogen) atoms. The van der Waals surface area contributed by atoms with Crippen LogP contribution < -0.4 is 5.32 Å². The number of aromatic nitrogens is 2. The van der Waals surface area contributed by atoms with Crippen molar-refractivity contribution in [2.45, 2.75) is 65.1 Å². The van der Waals surface area contributed by atoms with E-state index in [-0.39, 0.29) is 22.7 Å². The smallest absolute Gasteiger partial charge is 0.343 e. The summed E-state index contributed by atoms with van der Waals surface area (Å²) >= 11 is 6.41. The van der Waals surface area contributed by atoms with Gasteiger partial charge in [-0.3, -0.25) is 4.79 Å². The maximum Gasteiger partial charge on any atom is 0.343 e.